The number of methoxy groups -OCH3 is 1. The normalized spacial score (nSPS) is 21.5. The van der Waals surface area contributed by atoms with Crippen molar-refractivity contribution in [3.8, 4) is 5.88 Å². The summed E-state index contributed by atoms with van der Waals surface area (Å²) in [6, 6.07) is 4.71. The van der Waals surface area contributed by atoms with Crippen LogP contribution in [0.3, 0.4) is 0 Å². The average Bonchev–Trinajstić information content (AvgIpc) is 2.38. The Balaban J connectivity index is 2.25. The maximum atomic E-state index is 5.17. The standard InChI is InChI=1S/C14H22N2O/c1-4-16-10-6-5-7-13(16)12-8-9-14(17-3)15-11(12)2/h8-9,13H,4-7,10H2,1-3H3/t13-/m0/s1. The van der Waals surface area contributed by atoms with Crippen LogP contribution < -0.4 is 4.74 Å². The van der Waals surface area contributed by atoms with E-state index in [4.69, 9.17) is 4.74 Å². The van der Waals surface area contributed by atoms with E-state index in [2.05, 4.69) is 29.8 Å². The molecule has 1 aliphatic heterocycles. The van der Waals surface area contributed by atoms with Crippen LogP contribution in [0.4, 0.5) is 0 Å². The van der Waals surface area contributed by atoms with Crippen LogP contribution in [-0.4, -0.2) is 30.1 Å². The highest BCUT2D eigenvalue weighted by Gasteiger charge is 2.24. The van der Waals surface area contributed by atoms with Gasteiger partial charge in [-0.2, -0.15) is 0 Å². The molecule has 1 aliphatic rings. The van der Waals surface area contributed by atoms with Crippen molar-refractivity contribution in [3.63, 3.8) is 0 Å². The molecule has 1 fully saturated rings. The Hall–Kier alpha value is -1.09. The first-order valence-corrected chi connectivity index (χ1v) is 6.51. The highest BCUT2D eigenvalue weighted by Crippen LogP contribution is 2.32. The maximum absolute atomic E-state index is 5.17. The average molecular weight is 234 g/mol. The number of hydrogen-bond donors (Lipinski definition) is 0. The molecular formula is C14H22N2O. The van der Waals surface area contributed by atoms with Crippen molar-refractivity contribution >= 4 is 0 Å². The zero-order valence-corrected chi connectivity index (χ0v) is 11.1. The molecule has 2 heterocycles. The van der Waals surface area contributed by atoms with Crippen LogP contribution in [0.25, 0.3) is 0 Å². The first kappa shape index (κ1) is 12.4. The van der Waals surface area contributed by atoms with E-state index in [1.165, 1.54) is 31.4 Å². The molecule has 0 bridgehead atoms. The highest BCUT2D eigenvalue weighted by atomic mass is 16.5. The lowest BCUT2D eigenvalue weighted by molar-refractivity contribution is 0.156. The highest BCUT2D eigenvalue weighted by molar-refractivity contribution is 5.28. The van der Waals surface area contributed by atoms with Gasteiger partial charge in [0.15, 0.2) is 0 Å². The van der Waals surface area contributed by atoms with Crippen molar-refractivity contribution in [2.24, 2.45) is 0 Å². The number of piperidine rings is 1. The van der Waals surface area contributed by atoms with Gasteiger partial charge >= 0.3 is 0 Å². The minimum absolute atomic E-state index is 0.548. The van der Waals surface area contributed by atoms with E-state index in [9.17, 15) is 0 Å². The van der Waals surface area contributed by atoms with Crippen molar-refractivity contribution in [2.45, 2.75) is 39.2 Å². The second-order valence-electron chi connectivity index (χ2n) is 4.67. The molecule has 94 valence electrons. The molecule has 3 nitrogen and oxygen atoms in total. The number of pyridine rings is 1. The summed E-state index contributed by atoms with van der Waals surface area (Å²) in [4.78, 5) is 7.04. The maximum Gasteiger partial charge on any atom is 0.213 e. The second kappa shape index (κ2) is 5.50. The van der Waals surface area contributed by atoms with Gasteiger partial charge in [0.25, 0.3) is 0 Å². The predicted octanol–water partition coefficient (Wildman–Crippen LogP) is 2.95. The van der Waals surface area contributed by atoms with Gasteiger partial charge in [-0.1, -0.05) is 19.4 Å². The molecule has 3 heteroatoms. The van der Waals surface area contributed by atoms with Gasteiger partial charge in [0.1, 0.15) is 0 Å². The van der Waals surface area contributed by atoms with E-state index in [0.29, 0.717) is 11.9 Å². The van der Waals surface area contributed by atoms with Gasteiger partial charge < -0.3 is 4.74 Å². The molecule has 0 N–H and O–H groups in total. The number of nitrogens with zero attached hydrogens (tertiary/aromatic N) is 2. The summed E-state index contributed by atoms with van der Waals surface area (Å²) in [7, 11) is 1.67. The summed E-state index contributed by atoms with van der Waals surface area (Å²) in [5, 5.41) is 0. The number of rotatable bonds is 3. The number of hydrogen-bond acceptors (Lipinski definition) is 3. The van der Waals surface area contributed by atoms with Crippen LogP contribution in [0.5, 0.6) is 5.88 Å². The Kier molecular flexibility index (Phi) is 4.00. The van der Waals surface area contributed by atoms with E-state index in [0.717, 1.165) is 12.2 Å². The lowest BCUT2D eigenvalue weighted by atomic mass is 9.94. The largest absolute Gasteiger partial charge is 0.481 e. The second-order valence-corrected chi connectivity index (χ2v) is 4.67. The van der Waals surface area contributed by atoms with Crippen molar-refractivity contribution in [2.75, 3.05) is 20.2 Å². The molecule has 17 heavy (non-hydrogen) atoms. The van der Waals surface area contributed by atoms with Crippen molar-refractivity contribution in [1.82, 2.24) is 9.88 Å². The summed E-state index contributed by atoms with van der Waals surface area (Å²) in [6.07, 6.45) is 3.91. The monoisotopic (exact) mass is 234 g/mol. The lowest BCUT2D eigenvalue weighted by Gasteiger charge is -2.35. The summed E-state index contributed by atoms with van der Waals surface area (Å²) < 4.78 is 5.17. The quantitative estimate of drug-likeness (QED) is 0.804. The summed E-state index contributed by atoms with van der Waals surface area (Å²) in [5.74, 6) is 0.713. The van der Waals surface area contributed by atoms with E-state index in [1.54, 1.807) is 7.11 Å². The van der Waals surface area contributed by atoms with Gasteiger partial charge in [0, 0.05) is 17.8 Å². The molecule has 1 saturated heterocycles. The lowest BCUT2D eigenvalue weighted by Crippen LogP contribution is -2.33. The van der Waals surface area contributed by atoms with Crippen LogP contribution in [-0.2, 0) is 0 Å². The molecule has 0 unspecified atom stereocenters. The molecule has 2 rings (SSSR count). The van der Waals surface area contributed by atoms with Crippen molar-refractivity contribution in [3.05, 3.63) is 23.4 Å². The van der Waals surface area contributed by atoms with E-state index in [1.807, 2.05) is 6.07 Å². The smallest absolute Gasteiger partial charge is 0.213 e. The molecule has 0 radical (unpaired) electrons. The van der Waals surface area contributed by atoms with Gasteiger partial charge in [-0.25, -0.2) is 4.98 Å². The summed E-state index contributed by atoms with van der Waals surface area (Å²) >= 11 is 0. The molecule has 0 aromatic carbocycles. The van der Waals surface area contributed by atoms with Gasteiger partial charge in [-0.3, -0.25) is 4.90 Å². The Labute approximate surface area is 104 Å². The number of ether oxygens (including phenoxy) is 1. The van der Waals surface area contributed by atoms with E-state index < -0.39 is 0 Å². The molecule has 0 saturated carbocycles. The third-order valence-corrected chi connectivity index (χ3v) is 3.69. The number of aryl methyl sites for hydroxylation is 1. The summed E-state index contributed by atoms with van der Waals surface area (Å²) in [5.41, 5.74) is 2.47. The fourth-order valence-electron chi connectivity index (χ4n) is 2.74. The fraction of sp³-hybridized carbons (Fsp3) is 0.643. The Bertz CT molecular complexity index is 378. The molecular weight excluding hydrogens is 212 g/mol. The van der Waals surface area contributed by atoms with Crippen LogP contribution in [0.15, 0.2) is 12.1 Å². The Morgan fingerprint density at radius 2 is 2.24 bits per heavy atom. The van der Waals surface area contributed by atoms with Crippen LogP contribution >= 0.6 is 0 Å². The zero-order valence-electron chi connectivity index (χ0n) is 11.1. The molecule has 1 atom stereocenters. The SMILES string of the molecule is CCN1CCCC[C@H]1c1ccc(OC)nc1C. The predicted molar refractivity (Wildman–Crippen MR) is 69.4 cm³/mol. The third kappa shape index (κ3) is 2.60. The van der Waals surface area contributed by atoms with Gasteiger partial charge in [0.05, 0.1) is 7.11 Å². The third-order valence-electron chi connectivity index (χ3n) is 3.69. The first-order valence-electron chi connectivity index (χ1n) is 6.51. The van der Waals surface area contributed by atoms with Crippen molar-refractivity contribution in [1.29, 1.82) is 0 Å². The Morgan fingerprint density at radius 1 is 1.41 bits per heavy atom. The van der Waals surface area contributed by atoms with E-state index in [-0.39, 0.29) is 0 Å². The van der Waals surface area contributed by atoms with Crippen molar-refractivity contribution < 1.29 is 4.74 Å². The molecule has 0 spiro atoms. The molecule has 0 amide bonds. The first-order chi connectivity index (χ1) is 8.26. The Morgan fingerprint density at radius 3 is 2.88 bits per heavy atom. The van der Waals surface area contributed by atoms with E-state index >= 15 is 0 Å². The zero-order chi connectivity index (χ0) is 12.3. The van der Waals surface area contributed by atoms with Gasteiger partial charge in [-0.15, -0.1) is 0 Å². The van der Waals surface area contributed by atoms with Crippen LogP contribution in [0.2, 0.25) is 0 Å². The molecule has 1 aromatic heterocycles. The van der Waals surface area contributed by atoms with Crippen LogP contribution in [0.1, 0.15) is 43.5 Å². The molecule has 1 aromatic rings. The minimum atomic E-state index is 0.548. The fourth-order valence-corrected chi connectivity index (χ4v) is 2.74. The molecule has 0 aliphatic carbocycles. The topological polar surface area (TPSA) is 25.4 Å². The number of likely N-dealkylation sites (tertiary alicyclic amines) is 1. The van der Waals surface area contributed by atoms with Crippen LogP contribution in [0, 0.1) is 6.92 Å². The van der Waals surface area contributed by atoms with Gasteiger partial charge in [0.2, 0.25) is 5.88 Å². The minimum Gasteiger partial charge on any atom is -0.481 e. The number of aromatic nitrogens is 1. The summed E-state index contributed by atoms with van der Waals surface area (Å²) in [6.45, 7) is 6.66. The van der Waals surface area contributed by atoms with Gasteiger partial charge in [-0.05, 0) is 38.4 Å².